The van der Waals surface area contributed by atoms with Crippen LogP contribution in [0.25, 0.3) is 0 Å². The van der Waals surface area contributed by atoms with Crippen molar-refractivity contribution in [3.05, 3.63) is 17.2 Å². The van der Waals surface area contributed by atoms with E-state index in [1.165, 1.54) is 30.1 Å². The zero-order valence-corrected chi connectivity index (χ0v) is 12.1. The first-order valence-electron chi connectivity index (χ1n) is 8.01. The molecule has 0 unspecified atom stereocenters. The summed E-state index contributed by atoms with van der Waals surface area (Å²) in [5.74, 6) is 2.11. The molecule has 0 atom stereocenters. The predicted molar refractivity (Wildman–Crippen MR) is 76.9 cm³/mol. The van der Waals surface area contributed by atoms with Gasteiger partial charge in [-0.05, 0) is 12.8 Å². The summed E-state index contributed by atoms with van der Waals surface area (Å²) in [4.78, 5) is 7.46. The first-order valence-corrected chi connectivity index (χ1v) is 8.01. The van der Waals surface area contributed by atoms with Gasteiger partial charge < -0.3 is 14.6 Å². The maximum Gasteiger partial charge on any atom is 0.112 e. The van der Waals surface area contributed by atoms with Crippen LogP contribution in [0.3, 0.4) is 0 Å². The van der Waals surface area contributed by atoms with Crippen molar-refractivity contribution in [2.24, 2.45) is 0 Å². The number of rotatable bonds is 4. The Morgan fingerprint density at radius 1 is 1.20 bits per heavy atom. The first kappa shape index (κ1) is 12.8. The van der Waals surface area contributed by atoms with Gasteiger partial charge in [-0.25, -0.2) is 4.98 Å². The smallest absolute Gasteiger partial charge is 0.112 e. The van der Waals surface area contributed by atoms with Gasteiger partial charge in [-0.2, -0.15) is 0 Å². The quantitative estimate of drug-likeness (QED) is 0.881. The lowest BCUT2D eigenvalue weighted by Crippen LogP contribution is -2.38. The van der Waals surface area contributed by atoms with Crippen molar-refractivity contribution in [2.45, 2.75) is 38.3 Å². The van der Waals surface area contributed by atoms with Crippen LogP contribution in [-0.4, -0.2) is 53.8 Å². The van der Waals surface area contributed by atoms with Crippen LogP contribution in [-0.2, 0) is 24.2 Å². The lowest BCUT2D eigenvalue weighted by atomic mass is 10.2. The van der Waals surface area contributed by atoms with Crippen molar-refractivity contribution in [1.82, 2.24) is 19.8 Å². The maximum atomic E-state index is 5.43. The number of nitrogens with zero attached hydrogens (tertiary/aromatic N) is 3. The summed E-state index contributed by atoms with van der Waals surface area (Å²) in [7, 11) is 0. The van der Waals surface area contributed by atoms with Gasteiger partial charge in [0.1, 0.15) is 5.82 Å². The van der Waals surface area contributed by atoms with Crippen LogP contribution in [0.1, 0.15) is 36.0 Å². The minimum atomic E-state index is 0.741. The molecule has 1 saturated carbocycles. The van der Waals surface area contributed by atoms with Crippen molar-refractivity contribution in [3.63, 3.8) is 0 Å². The highest BCUT2D eigenvalue weighted by Gasteiger charge is 2.31. The fourth-order valence-corrected chi connectivity index (χ4v) is 3.36. The first-order chi connectivity index (χ1) is 9.92. The number of imidazole rings is 1. The molecule has 0 bridgehead atoms. The number of hydrogen-bond acceptors (Lipinski definition) is 4. The molecule has 1 aliphatic carbocycles. The van der Waals surface area contributed by atoms with Crippen LogP contribution in [0.4, 0.5) is 0 Å². The molecule has 20 heavy (non-hydrogen) atoms. The molecule has 1 aromatic heterocycles. The number of ether oxygens (including phenoxy) is 1. The Bertz CT molecular complexity index is 474. The Balaban J connectivity index is 1.51. The summed E-state index contributed by atoms with van der Waals surface area (Å²) in [5.41, 5.74) is 2.80. The number of fused-ring (bicyclic) bond motifs is 1. The van der Waals surface area contributed by atoms with Crippen LogP contribution in [0.15, 0.2) is 0 Å². The summed E-state index contributed by atoms with van der Waals surface area (Å²) < 4.78 is 7.98. The molecule has 1 aromatic rings. The summed E-state index contributed by atoms with van der Waals surface area (Å²) in [5, 5.41) is 3.44. The molecule has 0 aromatic carbocycles. The second-order valence-electron chi connectivity index (χ2n) is 6.17. The Morgan fingerprint density at radius 2 is 2.05 bits per heavy atom. The van der Waals surface area contributed by atoms with Crippen molar-refractivity contribution >= 4 is 0 Å². The molecule has 2 aliphatic heterocycles. The average Bonchev–Trinajstić information content (AvgIpc) is 3.28. The average molecular weight is 276 g/mol. The number of morpholine rings is 1. The molecular formula is C15H24N4O. The number of hydrogen-bond donors (Lipinski definition) is 1. The zero-order valence-electron chi connectivity index (χ0n) is 12.1. The summed E-state index contributed by atoms with van der Waals surface area (Å²) in [6.45, 7) is 8.24. The van der Waals surface area contributed by atoms with Gasteiger partial charge in [0.05, 0.1) is 18.9 Å². The molecule has 5 nitrogen and oxygen atoms in total. The van der Waals surface area contributed by atoms with E-state index in [0.29, 0.717) is 0 Å². The Kier molecular flexibility index (Phi) is 3.50. The summed E-state index contributed by atoms with van der Waals surface area (Å²) in [6.07, 6.45) is 3.81. The van der Waals surface area contributed by atoms with Crippen LogP contribution in [0, 0.1) is 0 Å². The minimum Gasteiger partial charge on any atom is -0.379 e. The molecule has 0 radical (unpaired) electrons. The highest BCUT2D eigenvalue weighted by molar-refractivity contribution is 5.24. The minimum absolute atomic E-state index is 0.741. The predicted octanol–water partition coefficient (Wildman–Crippen LogP) is 0.738. The molecule has 3 aliphatic rings. The van der Waals surface area contributed by atoms with Crippen molar-refractivity contribution in [1.29, 1.82) is 0 Å². The van der Waals surface area contributed by atoms with Gasteiger partial charge in [0.15, 0.2) is 0 Å². The second kappa shape index (κ2) is 5.47. The van der Waals surface area contributed by atoms with E-state index >= 15 is 0 Å². The van der Waals surface area contributed by atoms with E-state index in [-0.39, 0.29) is 0 Å². The Morgan fingerprint density at radius 3 is 2.85 bits per heavy atom. The van der Waals surface area contributed by atoms with Gasteiger partial charge in [0.25, 0.3) is 0 Å². The van der Waals surface area contributed by atoms with E-state index in [2.05, 4.69) is 14.8 Å². The van der Waals surface area contributed by atoms with Crippen molar-refractivity contribution in [3.8, 4) is 0 Å². The molecule has 0 amide bonds. The van der Waals surface area contributed by atoms with Gasteiger partial charge in [0, 0.05) is 57.3 Å². The number of aromatic nitrogens is 2. The summed E-state index contributed by atoms with van der Waals surface area (Å²) in [6, 6.07) is 0. The van der Waals surface area contributed by atoms with E-state index in [9.17, 15) is 0 Å². The maximum absolute atomic E-state index is 5.43. The fraction of sp³-hybridized carbons (Fsp3) is 0.800. The third-order valence-corrected chi connectivity index (χ3v) is 4.70. The standard InChI is InChI=1S/C15H24N4O/c1-2-12(1)15-17-13-11-16-4-3-14(13)19(15)6-5-18-7-9-20-10-8-18/h12,16H,1-11H2. The third-order valence-electron chi connectivity index (χ3n) is 4.70. The molecule has 1 N–H and O–H groups in total. The zero-order chi connectivity index (χ0) is 13.4. The Hall–Kier alpha value is -0.910. The van der Waals surface area contributed by atoms with Gasteiger partial charge in [-0.3, -0.25) is 4.90 Å². The lowest BCUT2D eigenvalue weighted by molar-refractivity contribution is 0.0362. The Labute approximate surface area is 120 Å². The van der Waals surface area contributed by atoms with Crippen LogP contribution >= 0.6 is 0 Å². The largest absolute Gasteiger partial charge is 0.379 e. The number of nitrogens with one attached hydrogen (secondary N) is 1. The summed E-state index contributed by atoms with van der Waals surface area (Å²) >= 11 is 0. The van der Waals surface area contributed by atoms with E-state index in [0.717, 1.165) is 64.8 Å². The van der Waals surface area contributed by atoms with Crippen LogP contribution in [0.5, 0.6) is 0 Å². The van der Waals surface area contributed by atoms with Crippen LogP contribution < -0.4 is 5.32 Å². The lowest BCUT2D eigenvalue weighted by Gasteiger charge is -2.27. The highest BCUT2D eigenvalue weighted by Crippen LogP contribution is 2.40. The topological polar surface area (TPSA) is 42.3 Å². The third kappa shape index (κ3) is 2.50. The highest BCUT2D eigenvalue weighted by atomic mass is 16.5. The molecule has 110 valence electrons. The molecular weight excluding hydrogens is 252 g/mol. The van der Waals surface area contributed by atoms with Crippen molar-refractivity contribution in [2.75, 3.05) is 39.4 Å². The fourth-order valence-electron chi connectivity index (χ4n) is 3.36. The van der Waals surface area contributed by atoms with E-state index < -0.39 is 0 Å². The van der Waals surface area contributed by atoms with Gasteiger partial charge in [-0.1, -0.05) is 0 Å². The van der Waals surface area contributed by atoms with Crippen molar-refractivity contribution < 1.29 is 4.74 Å². The van der Waals surface area contributed by atoms with Gasteiger partial charge >= 0.3 is 0 Å². The molecule has 1 saturated heterocycles. The molecule has 0 spiro atoms. The molecule has 3 heterocycles. The normalized spacial score (nSPS) is 23.8. The van der Waals surface area contributed by atoms with E-state index in [4.69, 9.17) is 9.72 Å². The van der Waals surface area contributed by atoms with E-state index in [1.54, 1.807) is 0 Å². The van der Waals surface area contributed by atoms with Gasteiger partial charge in [0.2, 0.25) is 0 Å². The SMILES string of the molecule is C1Cc2c(nc(C3CC3)n2CCN2CCOCC2)CN1. The van der Waals surface area contributed by atoms with Gasteiger partial charge in [-0.15, -0.1) is 0 Å². The second-order valence-corrected chi connectivity index (χ2v) is 6.17. The van der Waals surface area contributed by atoms with E-state index in [1.807, 2.05) is 0 Å². The van der Waals surface area contributed by atoms with Crippen LogP contribution in [0.2, 0.25) is 0 Å². The monoisotopic (exact) mass is 276 g/mol. The molecule has 4 rings (SSSR count). The molecule has 2 fully saturated rings. The molecule has 5 heteroatoms.